The van der Waals surface area contributed by atoms with Crippen LogP contribution in [-0.4, -0.2) is 32.2 Å². The summed E-state index contributed by atoms with van der Waals surface area (Å²) in [6.45, 7) is 0. The lowest BCUT2D eigenvalue weighted by Gasteiger charge is -2.24. The maximum Gasteiger partial charge on any atom is 0.287 e. The molecular weight excluding hydrogens is 330 g/mol. The highest BCUT2D eigenvalue weighted by atomic mass is 16.5. The third kappa shape index (κ3) is 2.74. The summed E-state index contributed by atoms with van der Waals surface area (Å²) >= 11 is 0. The van der Waals surface area contributed by atoms with Gasteiger partial charge in [-0.25, -0.2) is 0 Å². The molecule has 2 aliphatic rings. The Labute approximate surface area is 151 Å². The highest BCUT2D eigenvalue weighted by Gasteiger charge is 2.43. The van der Waals surface area contributed by atoms with Gasteiger partial charge in [0, 0.05) is 23.9 Å². The van der Waals surface area contributed by atoms with Gasteiger partial charge in [-0.05, 0) is 17.2 Å². The zero-order valence-corrected chi connectivity index (χ0v) is 14.5. The van der Waals surface area contributed by atoms with Crippen molar-refractivity contribution in [1.82, 2.24) is 4.59 Å². The van der Waals surface area contributed by atoms with Gasteiger partial charge in [-0.2, -0.15) is 4.99 Å². The predicted molar refractivity (Wildman–Crippen MR) is 104 cm³/mol. The van der Waals surface area contributed by atoms with E-state index in [1.807, 2.05) is 54.7 Å². The lowest BCUT2D eigenvalue weighted by atomic mass is 10.2. The van der Waals surface area contributed by atoms with Gasteiger partial charge in [-0.1, -0.05) is 22.8 Å². The number of benzene rings is 2. The first-order chi connectivity index (χ1) is 12.7. The van der Waals surface area contributed by atoms with E-state index in [0.29, 0.717) is 23.3 Å². The number of ether oxygens (including phenoxy) is 2. The number of aliphatic imine (C=N–C) groups is 2. The fraction of sp³-hybridized carbons (Fsp3) is 0.105. The Morgan fingerprint density at radius 3 is 2.38 bits per heavy atom. The lowest BCUT2D eigenvalue weighted by Crippen LogP contribution is -2.44. The normalized spacial score (nSPS) is 20.2. The fourth-order valence-electron chi connectivity index (χ4n) is 2.85. The molecule has 1 atom stereocenters. The molecule has 26 heavy (non-hydrogen) atoms. The molecule has 0 aliphatic carbocycles. The molecule has 0 saturated heterocycles. The number of hydrogen-bond donors (Lipinski definition) is 1. The summed E-state index contributed by atoms with van der Waals surface area (Å²) in [5.41, 5.74) is 1.75. The van der Waals surface area contributed by atoms with Gasteiger partial charge < -0.3 is 14.8 Å². The summed E-state index contributed by atoms with van der Waals surface area (Å²) < 4.78 is 10.9. The second-order valence-electron chi connectivity index (χ2n) is 5.72. The zero-order chi connectivity index (χ0) is 18.0. The number of rotatable bonds is 4. The molecule has 7 nitrogen and oxygen atoms in total. The average molecular weight is 348 g/mol. The molecule has 2 aromatic carbocycles. The second-order valence-corrected chi connectivity index (χ2v) is 5.72. The van der Waals surface area contributed by atoms with Crippen molar-refractivity contribution in [2.24, 2.45) is 15.1 Å². The van der Waals surface area contributed by atoms with Crippen molar-refractivity contribution in [3.8, 4) is 11.5 Å². The monoisotopic (exact) mass is 348 g/mol. The van der Waals surface area contributed by atoms with Crippen molar-refractivity contribution in [2.75, 3.05) is 19.5 Å². The first-order valence-electron chi connectivity index (χ1n) is 8.08. The molecule has 0 saturated carbocycles. The van der Waals surface area contributed by atoms with E-state index in [2.05, 4.69) is 15.3 Å². The largest absolute Gasteiger partial charge is 0.496 e. The van der Waals surface area contributed by atoms with Crippen molar-refractivity contribution in [3.63, 3.8) is 0 Å². The fourth-order valence-corrected chi connectivity index (χ4v) is 2.85. The van der Waals surface area contributed by atoms with E-state index in [9.17, 15) is 0 Å². The van der Waals surface area contributed by atoms with Crippen LogP contribution in [0.5, 0.6) is 11.5 Å². The summed E-state index contributed by atoms with van der Waals surface area (Å²) in [5, 5.41) is 8.05. The molecule has 1 unspecified atom stereocenters. The lowest BCUT2D eigenvalue weighted by molar-refractivity contribution is 0.392. The molecule has 0 spiro atoms. The Hall–Kier alpha value is -3.45. The Morgan fingerprint density at radius 1 is 0.962 bits per heavy atom. The van der Waals surface area contributed by atoms with E-state index in [0.717, 1.165) is 11.4 Å². The number of nitrogens with one attached hydrogen (secondary N) is 1. The summed E-state index contributed by atoms with van der Waals surface area (Å²) in [5.74, 6) is 2.55. The Balaban J connectivity index is 1.79. The number of amidine groups is 1. The van der Waals surface area contributed by atoms with Crippen LogP contribution in [0.3, 0.4) is 0 Å². The van der Waals surface area contributed by atoms with Gasteiger partial charge in [0.25, 0.3) is 11.8 Å². The minimum atomic E-state index is 0.0617. The van der Waals surface area contributed by atoms with Crippen LogP contribution in [0.1, 0.15) is 0 Å². The van der Waals surface area contributed by atoms with Gasteiger partial charge in [0.2, 0.25) is 0 Å². The van der Waals surface area contributed by atoms with Gasteiger partial charge in [0.15, 0.2) is 11.9 Å². The van der Waals surface area contributed by atoms with Crippen molar-refractivity contribution in [3.05, 3.63) is 60.9 Å². The smallest absolute Gasteiger partial charge is 0.287 e. The van der Waals surface area contributed by atoms with Crippen molar-refractivity contribution >= 4 is 29.4 Å². The van der Waals surface area contributed by atoms with E-state index in [1.165, 1.54) is 0 Å². The van der Waals surface area contributed by atoms with Gasteiger partial charge in [-0.15, -0.1) is 0 Å². The molecule has 2 aliphatic heterocycles. The van der Waals surface area contributed by atoms with Gasteiger partial charge >= 0.3 is 0 Å². The maximum atomic E-state index is 5.40. The number of para-hydroxylation sites is 1. The van der Waals surface area contributed by atoms with E-state index < -0.39 is 0 Å². The topological polar surface area (TPSA) is 67.6 Å². The van der Waals surface area contributed by atoms with E-state index >= 15 is 0 Å². The van der Waals surface area contributed by atoms with Gasteiger partial charge in [0.1, 0.15) is 17.7 Å². The molecule has 0 radical (unpaired) electrons. The zero-order valence-electron chi connectivity index (χ0n) is 14.5. The minimum Gasteiger partial charge on any atom is -0.496 e. The number of methoxy groups -OCH3 is 2. The van der Waals surface area contributed by atoms with E-state index in [4.69, 9.17) is 14.6 Å². The number of guanidine groups is 1. The number of hydrogen-bond acceptors (Lipinski definition) is 6. The van der Waals surface area contributed by atoms with E-state index in [1.54, 1.807) is 26.6 Å². The minimum absolute atomic E-state index is 0.0617. The predicted octanol–water partition coefficient (Wildman–Crippen LogP) is 3.36. The highest BCUT2D eigenvalue weighted by molar-refractivity contribution is 6.38. The second kappa shape index (κ2) is 6.45. The molecule has 2 aromatic rings. The standard InChI is InChI=1S/C19H18N5O2/c1-25-16-10-15(11-17(12-16)26-2)24-9-8-20-13-18(24)22-19(23-24)21-14-6-4-3-5-7-14/h3-13H,1-2H3,(H,21,23)/q+1. The summed E-state index contributed by atoms with van der Waals surface area (Å²) in [7, 11) is 3.24. The Kier molecular flexibility index (Phi) is 3.98. The van der Waals surface area contributed by atoms with Crippen LogP contribution in [0.4, 0.5) is 11.4 Å². The molecule has 0 amide bonds. The summed E-state index contributed by atoms with van der Waals surface area (Å²) in [4.78, 5) is 8.81. The number of fused-ring (bicyclic) bond motifs is 1. The van der Waals surface area contributed by atoms with Crippen LogP contribution in [0, 0.1) is 0 Å². The quantitative estimate of drug-likeness (QED) is 0.862. The third-order valence-corrected chi connectivity index (χ3v) is 4.14. The maximum absolute atomic E-state index is 5.40. The van der Waals surface area contributed by atoms with Crippen LogP contribution in [-0.2, 0) is 0 Å². The highest BCUT2D eigenvalue weighted by Crippen LogP contribution is 2.36. The summed E-state index contributed by atoms with van der Waals surface area (Å²) in [6.07, 6.45) is 5.28. The first-order valence-corrected chi connectivity index (χ1v) is 8.08. The SMILES string of the molecule is COc1cc(OC)cc([N+]23C=CN=CC2=NC(Nc2ccccc2)=N3)c1. The van der Waals surface area contributed by atoms with Gasteiger partial charge in [-0.3, -0.25) is 4.99 Å². The van der Waals surface area contributed by atoms with Crippen LogP contribution in [0.15, 0.2) is 76.0 Å². The molecule has 0 bridgehead atoms. The average Bonchev–Trinajstić information content (AvgIpc) is 3.07. The molecule has 7 heteroatoms. The van der Waals surface area contributed by atoms with E-state index in [-0.39, 0.29) is 4.59 Å². The molecular formula is C19H18N5O2+. The molecule has 2 heterocycles. The van der Waals surface area contributed by atoms with Gasteiger partial charge in [0.05, 0.1) is 20.4 Å². The van der Waals surface area contributed by atoms with Crippen LogP contribution >= 0.6 is 0 Å². The number of quaternary nitrogens is 1. The number of anilines is 1. The van der Waals surface area contributed by atoms with Crippen LogP contribution < -0.4 is 19.4 Å². The van der Waals surface area contributed by atoms with Crippen molar-refractivity contribution in [2.45, 2.75) is 0 Å². The van der Waals surface area contributed by atoms with Crippen molar-refractivity contribution < 1.29 is 9.47 Å². The van der Waals surface area contributed by atoms with Crippen LogP contribution in [0.25, 0.3) is 0 Å². The molecule has 130 valence electrons. The summed E-state index contributed by atoms with van der Waals surface area (Å²) in [6, 6.07) is 15.4. The molecule has 4 rings (SSSR count). The Morgan fingerprint density at radius 2 is 1.69 bits per heavy atom. The van der Waals surface area contributed by atoms with Crippen molar-refractivity contribution in [1.29, 1.82) is 0 Å². The van der Waals surface area contributed by atoms with Crippen LogP contribution in [0.2, 0.25) is 0 Å². The molecule has 0 fully saturated rings. The number of nitrogens with zero attached hydrogens (tertiary/aromatic N) is 4. The first kappa shape index (κ1) is 16.0. The molecule has 0 aromatic heterocycles. The Bertz CT molecular complexity index is 927. The third-order valence-electron chi connectivity index (χ3n) is 4.14. The molecule has 1 N–H and O–H groups in total.